The number of hydrogen-bond donors (Lipinski definition) is 2. The Bertz CT molecular complexity index is 726. The molecule has 1 aliphatic rings. The zero-order valence-electron chi connectivity index (χ0n) is 21.4. The first kappa shape index (κ1) is 29.1. The molecule has 0 heterocycles. The minimum atomic E-state index is -0.566. The molecule has 0 aromatic rings. The minimum Gasteiger partial charge on any atom is -0.388 e. The number of aliphatic hydroxyl groups is 1. The second-order valence-electron chi connectivity index (χ2n) is 9.58. The van der Waals surface area contributed by atoms with E-state index in [1.165, 1.54) is 6.92 Å². The van der Waals surface area contributed by atoms with Gasteiger partial charge in [-0.25, -0.2) is 0 Å². The number of unbranched alkanes of at least 4 members (excludes halogenated alkanes) is 3. The fraction of sp³-hybridized carbons (Fsp3) is 0.750. The number of imide groups is 1. The summed E-state index contributed by atoms with van der Waals surface area (Å²) in [5.41, 5.74) is -0.242. The van der Waals surface area contributed by atoms with Crippen LogP contribution in [0.25, 0.3) is 0 Å². The smallest absolute Gasteiger partial charge is 0.226 e. The zero-order chi connectivity index (χ0) is 24.9. The first-order valence-electron chi connectivity index (χ1n) is 12.8. The third-order valence-corrected chi connectivity index (χ3v) is 7.56. The standard InChI is InChI=1S/C28H45NO4/c1-6-10-19-28(8-3,9-4)26(32)18-17-23-22(7-2)20-25(31)24(23)15-13-11-12-14-16-27(33)29-21(5)30/h17-18,22-24,26,32H,7-9,11-16,19-20H2,1-5H3,(H,29,30,33)/b18-17+/t22-,23+,24-,26-/m1/s1. The molecular weight excluding hydrogens is 414 g/mol. The summed E-state index contributed by atoms with van der Waals surface area (Å²) in [6.07, 6.45) is 12.3. The lowest BCUT2D eigenvalue weighted by Gasteiger charge is -2.34. The Hall–Kier alpha value is -1.93. The SMILES string of the molecule is CC#CCC(CC)(CC)[C@H](O)/C=C/[C@H]1[C@H](CC)CC(=O)[C@@H]1CCCCCCC(=O)NC(C)=O. The van der Waals surface area contributed by atoms with Crippen molar-refractivity contribution in [3.8, 4) is 11.8 Å². The summed E-state index contributed by atoms with van der Waals surface area (Å²) in [5.74, 6) is 6.47. The van der Waals surface area contributed by atoms with Gasteiger partial charge in [-0.3, -0.25) is 19.7 Å². The number of carbonyl (C=O) groups excluding carboxylic acids is 3. The summed E-state index contributed by atoms with van der Waals surface area (Å²) in [6, 6.07) is 0. The van der Waals surface area contributed by atoms with Crippen molar-refractivity contribution < 1.29 is 19.5 Å². The maximum Gasteiger partial charge on any atom is 0.226 e. The molecule has 0 aliphatic heterocycles. The van der Waals surface area contributed by atoms with Crippen molar-refractivity contribution in [1.82, 2.24) is 5.32 Å². The molecule has 33 heavy (non-hydrogen) atoms. The van der Waals surface area contributed by atoms with E-state index in [4.69, 9.17) is 0 Å². The van der Waals surface area contributed by atoms with E-state index in [0.29, 0.717) is 31.0 Å². The molecule has 0 unspecified atom stereocenters. The van der Waals surface area contributed by atoms with Gasteiger partial charge in [-0.15, -0.1) is 11.8 Å². The fourth-order valence-electron chi connectivity index (χ4n) is 5.14. The predicted molar refractivity (Wildman–Crippen MR) is 133 cm³/mol. The molecule has 2 N–H and O–H groups in total. The van der Waals surface area contributed by atoms with Gasteiger partial charge in [0.25, 0.3) is 0 Å². The number of amides is 2. The summed E-state index contributed by atoms with van der Waals surface area (Å²) in [5, 5.41) is 13.3. The van der Waals surface area contributed by atoms with Crippen molar-refractivity contribution in [2.45, 2.75) is 111 Å². The van der Waals surface area contributed by atoms with E-state index < -0.39 is 6.10 Å². The highest BCUT2D eigenvalue weighted by Gasteiger charge is 2.40. The maximum absolute atomic E-state index is 12.8. The quantitative estimate of drug-likeness (QED) is 0.208. The van der Waals surface area contributed by atoms with Crippen LogP contribution in [0.2, 0.25) is 0 Å². The number of rotatable bonds is 14. The van der Waals surface area contributed by atoms with Crippen LogP contribution < -0.4 is 5.32 Å². The molecule has 5 nitrogen and oxygen atoms in total. The molecule has 0 saturated heterocycles. The van der Waals surface area contributed by atoms with E-state index >= 15 is 0 Å². The summed E-state index contributed by atoms with van der Waals surface area (Å²) in [4.78, 5) is 35.2. The van der Waals surface area contributed by atoms with Crippen molar-refractivity contribution in [3.05, 3.63) is 12.2 Å². The number of Topliss-reactive ketones (excluding diaryl/α,β-unsaturated/α-hetero) is 1. The third-order valence-electron chi connectivity index (χ3n) is 7.56. The molecule has 0 aromatic heterocycles. The van der Waals surface area contributed by atoms with Crippen LogP contribution in [-0.4, -0.2) is 28.8 Å². The van der Waals surface area contributed by atoms with Gasteiger partial charge in [0, 0.05) is 37.5 Å². The second-order valence-corrected chi connectivity index (χ2v) is 9.58. The Morgan fingerprint density at radius 1 is 1.18 bits per heavy atom. The zero-order valence-corrected chi connectivity index (χ0v) is 21.4. The van der Waals surface area contributed by atoms with Crippen LogP contribution in [0.15, 0.2) is 12.2 Å². The fourth-order valence-corrected chi connectivity index (χ4v) is 5.14. The van der Waals surface area contributed by atoms with E-state index in [1.807, 2.05) is 13.0 Å². The molecular formula is C28H45NO4. The summed E-state index contributed by atoms with van der Waals surface area (Å²) in [7, 11) is 0. The van der Waals surface area contributed by atoms with Crippen LogP contribution in [0.5, 0.6) is 0 Å². The largest absolute Gasteiger partial charge is 0.388 e. The second kappa shape index (κ2) is 15.1. The average Bonchev–Trinajstić information content (AvgIpc) is 3.09. The van der Waals surface area contributed by atoms with E-state index in [9.17, 15) is 19.5 Å². The first-order valence-corrected chi connectivity index (χ1v) is 12.8. The molecule has 0 aromatic carbocycles. The Kier molecular flexibility index (Phi) is 13.3. The number of ketones is 1. The van der Waals surface area contributed by atoms with Gasteiger partial charge in [0.1, 0.15) is 5.78 Å². The molecule has 1 aliphatic carbocycles. The summed E-state index contributed by atoms with van der Waals surface area (Å²) in [6.45, 7) is 9.53. The molecule has 2 amide bonds. The van der Waals surface area contributed by atoms with Gasteiger partial charge in [0.2, 0.25) is 11.8 Å². The topological polar surface area (TPSA) is 83.5 Å². The van der Waals surface area contributed by atoms with Crippen LogP contribution in [0.4, 0.5) is 0 Å². The molecule has 0 bridgehead atoms. The van der Waals surface area contributed by atoms with E-state index in [1.54, 1.807) is 0 Å². The Balaban J connectivity index is 2.69. The highest BCUT2D eigenvalue weighted by molar-refractivity contribution is 5.93. The van der Waals surface area contributed by atoms with Gasteiger partial charge in [0.05, 0.1) is 6.10 Å². The lowest BCUT2D eigenvalue weighted by Crippen LogP contribution is -2.33. The number of aliphatic hydroxyl groups excluding tert-OH is 1. The Morgan fingerprint density at radius 3 is 2.42 bits per heavy atom. The maximum atomic E-state index is 12.8. The molecule has 4 atom stereocenters. The molecule has 1 saturated carbocycles. The number of nitrogens with one attached hydrogen (secondary N) is 1. The number of hydrogen-bond acceptors (Lipinski definition) is 4. The van der Waals surface area contributed by atoms with Crippen LogP contribution in [-0.2, 0) is 14.4 Å². The highest BCUT2D eigenvalue weighted by Crippen LogP contribution is 2.41. The summed E-state index contributed by atoms with van der Waals surface area (Å²) >= 11 is 0. The van der Waals surface area contributed by atoms with E-state index in [0.717, 1.165) is 51.4 Å². The Labute approximate surface area is 201 Å². The molecule has 5 heteroatoms. The van der Waals surface area contributed by atoms with Crippen molar-refractivity contribution in [1.29, 1.82) is 0 Å². The lowest BCUT2D eigenvalue weighted by molar-refractivity contribution is -0.129. The minimum absolute atomic E-state index is 0.0208. The predicted octanol–water partition coefficient (Wildman–Crippen LogP) is 5.36. The number of allylic oxidation sites excluding steroid dienone is 1. The molecule has 186 valence electrons. The van der Waals surface area contributed by atoms with Crippen molar-refractivity contribution in [2.24, 2.45) is 23.2 Å². The van der Waals surface area contributed by atoms with Crippen LogP contribution >= 0.6 is 0 Å². The van der Waals surface area contributed by atoms with Crippen LogP contribution in [0.1, 0.15) is 105 Å². The number of carbonyl (C=O) groups is 3. The van der Waals surface area contributed by atoms with Crippen LogP contribution in [0, 0.1) is 35.0 Å². The van der Waals surface area contributed by atoms with E-state index in [-0.39, 0.29) is 29.1 Å². The Morgan fingerprint density at radius 2 is 1.85 bits per heavy atom. The first-order chi connectivity index (χ1) is 15.7. The average molecular weight is 460 g/mol. The van der Waals surface area contributed by atoms with Crippen molar-refractivity contribution in [3.63, 3.8) is 0 Å². The summed E-state index contributed by atoms with van der Waals surface area (Å²) < 4.78 is 0. The van der Waals surface area contributed by atoms with Crippen molar-refractivity contribution >= 4 is 17.6 Å². The molecule has 0 spiro atoms. The molecule has 1 rings (SSSR count). The van der Waals surface area contributed by atoms with Gasteiger partial charge < -0.3 is 5.11 Å². The molecule has 1 fully saturated rings. The monoisotopic (exact) mass is 459 g/mol. The van der Waals surface area contributed by atoms with Crippen LogP contribution in [0.3, 0.4) is 0 Å². The highest BCUT2D eigenvalue weighted by atomic mass is 16.3. The van der Waals surface area contributed by atoms with Crippen molar-refractivity contribution in [2.75, 3.05) is 0 Å². The van der Waals surface area contributed by atoms with Gasteiger partial charge in [0.15, 0.2) is 0 Å². The van der Waals surface area contributed by atoms with E-state index in [2.05, 4.69) is 44.0 Å². The van der Waals surface area contributed by atoms with Gasteiger partial charge in [-0.05, 0) is 44.4 Å². The lowest BCUT2D eigenvalue weighted by atomic mass is 9.73. The third kappa shape index (κ3) is 9.08. The molecule has 0 radical (unpaired) electrons. The van der Waals surface area contributed by atoms with Gasteiger partial charge in [-0.2, -0.15) is 0 Å². The van der Waals surface area contributed by atoms with Gasteiger partial charge >= 0.3 is 0 Å². The normalized spacial score (nSPS) is 21.6. The van der Waals surface area contributed by atoms with Gasteiger partial charge in [-0.1, -0.05) is 58.6 Å².